The molecule has 1 amide bonds. The third-order valence-corrected chi connectivity index (χ3v) is 4.73. The number of nitrogens with one attached hydrogen (secondary N) is 1. The Hall–Kier alpha value is -2.99. The summed E-state index contributed by atoms with van der Waals surface area (Å²) in [5, 5.41) is 4.19. The third-order valence-electron chi connectivity index (χ3n) is 4.41. The quantitative estimate of drug-likeness (QED) is 0.687. The van der Waals surface area contributed by atoms with Gasteiger partial charge in [-0.15, -0.1) is 0 Å². The first-order chi connectivity index (χ1) is 13.1. The van der Waals surface area contributed by atoms with Crippen LogP contribution in [0.25, 0.3) is 10.9 Å². The SMILES string of the molecule is CCOC(=O)c1cccc(NC(=O)c2cc3c(Cl)ccc4c3n2CCO4)c1. The number of anilines is 1. The molecule has 6 nitrogen and oxygen atoms in total. The molecule has 138 valence electrons. The normalized spacial score (nSPS) is 12.5. The fourth-order valence-corrected chi connectivity index (χ4v) is 3.44. The molecular formula is C20H17ClN2O4. The predicted molar refractivity (Wildman–Crippen MR) is 103 cm³/mol. The standard InChI is InChI=1S/C20H17ClN2O4/c1-2-26-20(25)12-4-3-5-13(10-12)22-19(24)16-11-14-15(21)6-7-17-18(14)23(16)8-9-27-17/h3-7,10-11H,2,8-9H2,1H3,(H,22,24). The smallest absolute Gasteiger partial charge is 0.338 e. The number of benzene rings is 2. The first kappa shape index (κ1) is 17.4. The number of esters is 1. The van der Waals surface area contributed by atoms with E-state index >= 15 is 0 Å². The molecule has 1 N–H and O–H groups in total. The Morgan fingerprint density at radius 3 is 2.93 bits per heavy atom. The molecule has 4 rings (SSSR count). The van der Waals surface area contributed by atoms with Gasteiger partial charge in [-0.3, -0.25) is 4.79 Å². The Morgan fingerprint density at radius 2 is 2.11 bits per heavy atom. The summed E-state index contributed by atoms with van der Waals surface area (Å²) in [5.74, 6) is 0.00539. The van der Waals surface area contributed by atoms with Crippen LogP contribution in [-0.4, -0.2) is 29.7 Å². The van der Waals surface area contributed by atoms with Gasteiger partial charge in [-0.05, 0) is 43.3 Å². The van der Waals surface area contributed by atoms with E-state index in [1.165, 1.54) is 0 Å². The van der Waals surface area contributed by atoms with Gasteiger partial charge in [-0.1, -0.05) is 17.7 Å². The van der Waals surface area contributed by atoms with Crippen LogP contribution in [0.5, 0.6) is 5.75 Å². The van der Waals surface area contributed by atoms with Gasteiger partial charge in [-0.25, -0.2) is 4.79 Å². The van der Waals surface area contributed by atoms with Crippen molar-refractivity contribution in [3.63, 3.8) is 0 Å². The van der Waals surface area contributed by atoms with Crippen molar-refractivity contribution in [2.24, 2.45) is 0 Å². The van der Waals surface area contributed by atoms with E-state index in [-0.39, 0.29) is 5.91 Å². The number of hydrogen-bond acceptors (Lipinski definition) is 4. The Kier molecular flexibility index (Phi) is 4.49. The Morgan fingerprint density at radius 1 is 1.26 bits per heavy atom. The lowest BCUT2D eigenvalue weighted by Gasteiger charge is -2.19. The van der Waals surface area contributed by atoms with E-state index in [0.717, 1.165) is 10.9 Å². The summed E-state index contributed by atoms with van der Waals surface area (Å²) in [6, 6.07) is 12.0. The number of nitrogens with zero attached hydrogens (tertiary/aromatic N) is 1. The van der Waals surface area contributed by atoms with E-state index < -0.39 is 5.97 Å². The van der Waals surface area contributed by atoms with Crippen molar-refractivity contribution in [1.82, 2.24) is 4.57 Å². The summed E-state index contributed by atoms with van der Waals surface area (Å²) in [4.78, 5) is 24.8. The predicted octanol–water partition coefficient (Wildman–Crippen LogP) is 4.12. The molecule has 0 radical (unpaired) electrons. The molecule has 0 unspecified atom stereocenters. The Bertz CT molecular complexity index is 1060. The number of aromatic nitrogens is 1. The number of halogens is 1. The second kappa shape index (κ2) is 6.96. The number of amides is 1. The topological polar surface area (TPSA) is 69.6 Å². The maximum absolute atomic E-state index is 12.9. The molecule has 2 heterocycles. The highest BCUT2D eigenvalue weighted by Gasteiger charge is 2.23. The minimum absolute atomic E-state index is 0.281. The number of rotatable bonds is 4. The molecule has 0 spiro atoms. The van der Waals surface area contributed by atoms with E-state index in [1.807, 2.05) is 10.6 Å². The summed E-state index contributed by atoms with van der Waals surface area (Å²) in [5.41, 5.74) is 2.21. The molecule has 1 aromatic heterocycles. The number of carbonyl (C=O) groups excluding carboxylic acids is 2. The fourth-order valence-electron chi connectivity index (χ4n) is 3.23. The van der Waals surface area contributed by atoms with Crippen LogP contribution in [0, 0.1) is 0 Å². The average molecular weight is 385 g/mol. The molecule has 7 heteroatoms. The van der Waals surface area contributed by atoms with E-state index in [2.05, 4.69) is 5.32 Å². The summed E-state index contributed by atoms with van der Waals surface area (Å²) >= 11 is 6.29. The van der Waals surface area contributed by atoms with Crippen molar-refractivity contribution < 1.29 is 19.1 Å². The zero-order valence-electron chi connectivity index (χ0n) is 14.6. The van der Waals surface area contributed by atoms with Gasteiger partial charge in [0.15, 0.2) is 0 Å². The molecule has 2 aromatic carbocycles. The molecule has 0 aliphatic carbocycles. The maximum Gasteiger partial charge on any atom is 0.338 e. The largest absolute Gasteiger partial charge is 0.490 e. The summed E-state index contributed by atoms with van der Waals surface area (Å²) in [6.07, 6.45) is 0. The molecule has 0 bridgehead atoms. The van der Waals surface area contributed by atoms with E-state index in [9.17, 15) is 9.59 Å². The lowest BCUT2D eigenvalue weighted by atomic mass is 10.2. The summed E-state index contributed by atoms with van der Waals surface area (Å²) in [6.45, 7) is 3.08. The van der Waals surface area contributed by atoms with Gasteiger partial charge in [0.25, 0.3) is 5.91 Å². The lowest BCUT2D eigenvalue weighted by molar-refractivity contribution is 0.0526. The number of hydrogen-bond donors (Lipinski definition) is 1. The van der Waals surface area contributed by atoms with Crippen molar-refractivity contribution in [1.29, 1.82) is 0 Å². The molecule has 0 fully saturated rings. The van der Waals surface area contributed by atoms with Gasteiger partial charge < -0.3 is 19.4 Å². The zero-order chi connectivity index (χ0) is 19.0. The monoisotopic (exact) mass is 384 g/mol. The van der Waals surface area contributed by atoms with E-state index in [4.69, 9.17) is 21.1 Å². The molecule has 1 aliphatic heterocycles. The number of ether oxygens (including phenoxy) is 2. The molecular weight excluding hydrogens is 368 g/mol. The Labute approximate surface area is 160 Å². The molecule has 0 atom stereocenters. The highest BCUT2D eigenvalue weighted by Crippen LogP contribution is 2.36. The third kappa shape index (κ3) is 3.13. The van der Waals surface area contributed by atoms with Crippen molar-refractivity contribution in [3.8, 4) is 5.75 Å². The molecule has 3 aromatic rings. The lowest BCUT2D eigenvalue weighted by Crippen LogP contribution is -2.21. The summed E-state index contributed by atoms with van der Waals surface area (Å²) < 4.78 is 12.6. The van der Waals surface area contributed by atoms with Gasteiger partial charge in [0.2, 0.25) is 0 Å². The minimum atomic E-state index is -0.425. The summed E-state index contributed by atoms with van der Waals surface area (Å²) in [7, 11) is 0. The van der Waals surface area contributed by atoms with Crippen LogP contribution in [0.4, 0.5) is 5.69 Å². The zero-order valence-corrected chi connectivity index (χ0v) is 15.4. The van der Waals surface area contributed by atoms with Crippen LogP contribution in [-0.2, 0) is 11.3 Å². The second-order valence-electron chi connectivity index (χ2n) is 6.09. The van der Waals surface area contributed by atoms with Crippen molar-refractivity contribution in [3.05, 3.63) is 58.7 Å². The van der Waals surface area contributed by atoms with Gasteiger partial charge in [0, 0.05) is 11.1 Å². The van der Waals surface area contributed by atoms with Crippen LogP contribution in [0.15, 0.2) is 42.5 Å². The maximum atomic E-state index is 12.9. The highest BCUT2D eigenvalue weighted by molar-refractivity contribution is 6.36. The van der Waals surface area contributed by atoms with Gasteiger partial charge in [0.1, 0.15) is 18.1 Å². The Balaban J connectivity index is 1.67. The van der Waals surface area contributed by atoms with Crippen LogP contribution < -0.4 is 10.1 Å². The molecule has 1 aliphatic rings. The van der Waals surface area contributed by atoms with E-state index in [1.54, 1.807) is 43.3 Å². The molecule has 27 heavy (non-hydrogen) atoms. The van der Waals surface area contributed by atoms with Gasteiger partial charge in [-0.2, -0.15) is 0 Å². The van der Waals surface area contributed by atoms with E-state index in [0.29, 0.717) is 47.5 Å². The van der Waals surface area contributed by atoms with Crippen molar-refractivity contribution in [2.45, 2.75) is 13.5 Å². The van der Waals surface area contributed by atoms with Crippen LogP contribution in [0.2, 0.25) is 5.02 Å². The van der Waals surface area contributed by atoms with Crippen LogP contribution in [0.1, 0.15) is 27.8 Å². The first-order valence-corrected chi connectivity index (χ1v) is 8.99. The number of carbonyl (C=O) groups is 2. The van der Waals surface area contributed by atoms with Crippen LogP contribution >= 0.6 is 11.6 Å². The minimum Gasteiger partial charge on any atom is -0.490 e. The molecule has 0 saturated carbocycles. The highest BCUT2D eigenvalue weighted by atomic mass is 35.5. The fraction of sp³-hybridized carbons (Fsp3) is 0.200. The van der Waals surface area contributed by atoms with Crippen molar-refractivity contribution >= 4 is 40.1 Å². The van der Waals surface area contributed by atoms with Gasteiger partial charge >= 0.3 is 5.97 Å². The van der Waals surface area contributed by atoms with Crippen molar-refractivity contribution in [2.75, 3.05) is 18.5 Å². The molecule has 0 saturated heterocycles. The van der Waals surface area contributed by atoms with Gasteiger partial charge in [0.05, 0.1) is 29.3 Å². The first-order valence-electron chi connectivity index (χ1n) is 8.61. The van der Waals surface area contributed by atoms with Crippen LogP contribution in [0.3, 0.4) is 0 Å². The average Bonchev–Trinajstić information content (AvgIpc) is 3.07. The second-order valence-corrected chi connectivity index (χ2v) is 6.50.